The molecule has 1 heterocycles. The minimum Gasteiger partial charge on any atom is -0.336 e. The van der Waals surface area contributed by atoms with Crippen molar-refractivity contribution in [3.8, 4) is 0 Å². The zero-order valence-corrected chi connectivity index (χ0v) is 17.4. The molecule has 1 aliphatic heterocycles. The number of carbonyl (C=O) groups is 2. The average molecular weight is 395 g/mol. The molecule has 29 heavy (non-hydrogen) atoms. The van der Waals surface area contributed by atoms with E-state index in [4.69, 9.17) is 0 Å². The van der Waals surface area contributed by atoms with E-state index in [0.717, 1.165) is 19.6 Å². The first kappa shape index (κ1) is 20.9. The lowest BCUT2D eigenvalue weighted by atomic mass is 10.1. The van der Waals surface area contributed by atoms with Crippen molar-refractivity contribution in [2.75, 3.05) is 31.5 Å². The molecular formula is C23H30N4O2. The predicted octanol–water partition coefficient (Wildman–Crippen LogP) is 3.48. The Hall–Kier alpha value is -2.86. The van der Waals surface area contributed by atoms with Gasteiger partial charge >= 0.3 is 6.03 Å². The summed E-state index contributed by atoms with van der Waals surface area (Å²) in [5, 5.41) is 5.59. The van der Waals surface area contributed by atoms with E-state index in [0.29, 0.717) is 24.3 Å². The smallest absolute Gasteiger partial charge is 0.319 e. The van der Waals surface area contributed by atoms with Gasteiger partial charge in [0.2, 0.25) is 0 Å². The molecule has 2 aromatic carbocycles. The molecule has 0 spiro atoms. The van der Waals surface area contributed by atoms with Crippen LogP contribution in [0.15, 0.2) is 48.5 Å². The van der Waals surface area contributed by atoms with Crippen LogP contribution in [0.25, 0.3) is 0 Å². The van der Waals surface area contributed by atoms with E-state index < -0.39 is 0 Å². The predicted molar refractivity (Wildman–Crippen MR) is 116 cm³/mol. The van der Waals surface area contributed by atoms with Gasteiger partial charge in [-0.1, -0.05) is 42.0 Å². The lowest BCUT2D eigenvalue weighted by Crippen LogP contribution is -2.48. The van der Waals surface area contributed by atoms with Crippen LogP contribution in [0, 0.1) is 6.92 Å². The fraction of sp³-hybridized carbons (Fsp3) is 0.391. The maximum absolute atomic E-state index is 13.1. The second kappa shape index (κ2) is 9.56. The molecule has 0 aromatic heterocycles. The number of carbonyl (C=O) groups excluding carboxylic acids is 2. The second-order valence-electron chi connectivity index (χ2n) is 7.86. The Kier molecular flexibility index (Phi) is 6.88. The largest absolute Gasteiger partial charge is 0.336 e. The van der Waals surface area contributed by atoms with Gasteiger partial charge in [-0.25, -0.2) is 4.79 Å². The number of hydrogen-bond donors (Lipinski definition) is 2. The minimum atomic E-state index is -0.303. The van der Waals surface area contributed by atoms with Crippen molar-refractivity contribution in [1.29, 1.82) is 0 Å². The number of aryl methyl sites for hydroxylation is 1. The second-order valence-corrected chi connectivity index (χ2v) is 7.86. The molecule has 0 radical (unpaired) electrons. The van der Waals surface area contributed by atoms with Gasteiger partial charge in [0.05, 0.1) is 11.3 Å². The quantitative estimate of drug-likeness (QED) is 0.816. The van der Waals surface area contributed by atoms with Gasteiger partial charge in [-0.05, 0) is 38.5 Å². The summed E-state index contributed by atoms with van der Waals surface area (Å²) >= 11 is 0. The number of benzene rings is 2. The molecule has 154 valence electrons. The lowest BCUT2D eigenvalue weighted by molar-refractivity contribution is 0.0629. The Morgan fingerprint density at radius 1 is 1.00 bits per heavy atom. The Balaban J connectivity index is 1.60. The molecule has 1 saturated heterocycles. The van der Waals surface area contributed by atoms with E-state index in [2.05, 4.69) is 46.7 Å². The Morgan fingerprint density at radius 3 is 2.41 bits per heavy atom. The molecule has 0 atom stereocenters. The zero-order chi connectivity index (χ0) is 20.8. The van der Waals surface area contributed by atoms with Gasteiger partial charge in [0.25, 0.3) is 5.91 Å². The molecule has 3 amide bonds. The highest BCUT2D eigenvalue weighted by Crippen LogP contribution is 2.19. The van der Waals surface area contributed by atoms with Crippen LogP contribution in [0.3, 0.4) is 0 Å². The number of piperazine rings is 1. The van der Waals surface area contributed by atoms with Crippen molar-refractivity contribution < 1.29 is 9.59 Å². The molecule has 3 rings (SSSR count). The number of nitrogens with one attached hydrogen (secondary N) is 2. The van der Waals surface area contributed by atoms with Gasteiger partial charge in [0.1, 0.15) is 0 Å². The maximum Gasteiger partial charge on any atom is 0.319 e. The van der Waals surface area contributed by atoms with Gasteiger partial charge in [0.15, 0.2) is 0 Å². The number of amides is 3. The third-order valence-corrected chi connectivity index (χ3v) is 4.97. The Bertz CT molecular complexity index is 857. The van der Waals surface area contributed by atoms with Gasteiger partial charge in [-0.2, -0.15) is 0 Å². The standard InChI is InChI=1S/C23H30N4O2/c1-17(2)24-23(29)25-21-10-5-4-9-20(21)22(28)27-13-11-26(12-14-27)16-19-8-6-7-18(3)15-19/h4-10,15,17H,11-14,16H2,1-3H3,(H2,24,25,29). The van der Waals surface area contributed by atoms with Crippen molar-refractivity contribution in [2.45, 2.75) is 33.4 Å². The van der Waals surface area contributed by atoms with Crippen LogP contribution in [-0.2, 0) is 6.54 Å². The fourth-order valence-electron chi connectivity index (χ4n) is 3.55. The molecule has 1 fully saturated rings. The molecule has 0 unspecified atom stereocenters. The van der Waals surface area contributed by atoms with E-state index in [1.807, 2.05) is 30.9 Å². The van der Waals surface area contributed by atoms with Crippen molar-refractivity contribution in [1.82, 2.24) is 15.1 Å². The number of nitrogens with zero attached hydrogens (tertiary/aromatic N) is 2. The first-order chi connectivity index (χ1) is 13.9. The minimum absolute atomic E-state index is 0.0272. The van der Waals surface area contributed by atoms with Crippen LogP contribution < -0.4 is 10.6 Å². The number of rotatable bonds is 5. The molecule has 0 saturated carbocycles. The summed E-state index contributed by atoms with van der Waals surface area (Å²) in [6.45, 7) is 9.82. The van der Waals surface area contributed by atoms with Crippen LogP contribution >= 0.6 is 0 Å². The fourth-order valence-corrected chi connectivity index (χ4v) is 3.55. The van der Waals surface area contributed by atoms with Crippen LogP contribution in [0.5, 0.6) is 0 Å². The summed E-state index contributed by atoms with van der Waals surface area (Å²) in [4.78, 5) is 29.4. The normalized spacial score (nSPS) is 14.7. The van der Waals surface area contributed by atoms with E-state index in [-0.39, 0.29) is 18.0 Å². The first-order valence-corrected chi connectivity index (χ1v) is 10.2. The summed E-state index contributed by atoms with van der Waals surface area (Å²) in [6, 6.07) is 15.5. The van der Waals surface area contributed by atoms with Crippen molar-refractivity contribution in [2.24, 2.45) is 0 Å². The lowest BCUT2D eigenvalue weighted by Gasteiger charge is -2.35. The summed E-state index contributed by atoms with van der Waals surface area (Å²) in [6.07, 6.45) is 0. The topological polar surface area (TPSA) is 64.7 Å². The number of urea groups is 1. The number of hydrogen-bond acceptors (Lipinski definition) is 3. The maximum atomic E-state index is 13.1. The molecule has 6 nitrogen and oxygen atoms in total. The third-order valence-electron chi connectivity index (χ3n) is 4.97. The van der Waals surface area contributed by atoms with E-state index >= 15 is 0 Å². The zero-order valence-electron chi connectivity index (χ0n) is 17.4. The summed E-state index contributed by atoms with van der Waals surface area (Å²) < 4.78 is 0. The van der Waals surface area contributed by atoms with Crippen molar-refractivity contribution >= 4 is 17.6 Å². The highest BCUT2D eigenvalue weighted by atomic mass is 16.2. The highest BCUT2D eigenvalue weighted by molar-refractivity contribution is 6.03. The molecule has 2 aromatic rings. The average Bonchev–Trinajstić information content (AvgIpc) is 2.68. The highest BCUT2D eigenvalue weighted by Gasteiger charge is 2.24. The summed E-state index contributed by atoms with van der Waals surface area (Å²) in [5.41, 5.74) is 3.63. The van der Waals surface area contributed by atoms with Crippen molar-refractivity contribution in [3.05, 3.63) is 65.2 Å². The molecular weight excluding hydrogens is 364 g/mol. The number of para-hydroxylation sites is 1. The Morgan fingerprint density at radius 2 is 1.72 bits per heavy atom. The third kappa shape index (κ3) is 5.81. The van der Waals surface area contributed by atoms with Crippen LogP contribution in [0.4, 0.5) is 10.5 Å². The molecule has 6 heteroatoms. The van der Waals surface area contributed by atoms with Crippen molar-refractivity contribution in [3.63, 3.8) is 0 Å². The SMILES string of the molecule is Cc1cccc(CN2CCN(C(=O)c3ccccc3NC(=O)NC(C)C)CC2)c1. The van der Waals surface area contributed by atoms with Gasteiger partial charge in [-0.3, -0.25) is 9.69 Å². The summed E-state index contributed by atoms with van der Waals surface area (Å²) in [5.74, 6) is -0.0411. The number of anilines is 1. The van der Waals surface area contributed by atoms with E-state index in [1.165, 1.54) is 11.1 Å². The summed E-state index contributed by atoms with van der Waals surface area (Å²) in [7, 11) is 0. The molecule has 0 aliphatic carbocycles. The first-order valence-electron chi connectivity index (χ1n) is 10.2. The van der Waals surface area contributed by atoms with Crippen LogP contribution in [0.1, 0.15) is 35.3 Å². The van der Waals surface area contributed by atoms with Gasteiger partial charge in [-0.15, -0.1) is 0 Å². The van der Waals surface area contributed by atoms with E-state index in [1.54, 1.807) is 12.1 Å². The Labute approximate surface area is 172 Å². The van der Waals surface area contributed by atoms with E-state index in [9.17, 15) is 9.59 Å². The van der Waals surface area contributed by atoms with Crippen LogP contribution in [-0.4, -0.2) is 54.0 Å². The van der Waals surface area contributed by atoms with Gasteiger partial charge in [0, 0.05) is 38.8 Å². The van der Waals surface area contributed by atoms with Crippen LogP contribution in [0.2, 0.25) is 0 Å². The molecule has 0 bridgehead atoms. The monoisotopic (exact) mass is 394 g/mol. The van der Waals surface area contributed by atoms with Gasteiger partial charge < -0.3 is 15.5 Å². The molecule has 1 aliphatic rings. The molecule has 2 N–H and O–H groups in total.